The molecular weight excluding hydrogens is 317 g/mol. The maximum absolute atomic E-state index is 13.5. The van der Waals surface area contributed by atoms with Gasteiger partial charge in [-0.2, -0.15) is 0 Å². The van der Waals surface area contributed by atoms with E-state index in [9.17, 15) is 4.39 Å². The van der Waals surface area contributed by atoms with Crippen LogP contribution in [0.1, 0.15) is 45.1 Å². The van der Waals surface area contributed by atoms with Crippen molar-refractivity contribution in [3.05, 3.63) is 34.1 Å². The minimum Gasteiger partial charge on any atom is -0.314 e. The Kier molecular flexibility index (Phi) is 6.03. The van der Waals surface area contributed by atoms with Crippen molar-refractivity contribution in [2.45, 2.75) is 52.0 Å². The summed E-state index contributed by atoms with van der Waals surface area (Å²) in [6.07, 6.45) is 6.22. The van der Waals surface area contributed by atoms with Gasteiger partial charge in [0.1, 0.15) is 5.82 Å². The summed E-state index contributed by atoms with van der Waals surface area (Å²) >= 11 is 3.39. The van der Waals surface area contributed by atoms with Gasteiger partial charge >= 0.3 is 0 Å². The fourth-order valence-electron chi connectivity index (χ4n) is 3.50. The van der Waals surface area contributed by atoms with Gasteiger partial charge in [0.2, 0.25) is 0 Å². The fourth-order valence-corrected chi connectivity index (χ4v) is 4.01. The van der Waals surface area contributed by atoms with Gasteiger partial charge in [0.25, 0.3) is 0 Å². The summed E-state index contributed by atoms with van der Waals surface area (Å²) < 4.78 is 14.4. The van der Waals surface area contributed by atoms with Crippen LogP contribution in [0.3, 0.4) is 0 Å². The van der Waals surface area contributed by atoms with E-state index in [-0.39, 0.29) is 5.82 Å². The van der Waals surface area contributed by atoms with Crippen molar-refractivity contribution in [3.8, 4) is 0 Å². The first-order chi connectivity index (χ1) is 9.58. The molecule has 1 aromatic carbocycles. The zero-order valence-electron chi connectivity index (χ0n) is 12.5. The molecule has 2 rings (SSSR count). The Morgan fingerprint density at radius 1 is 1.35 bits per heavy atom. The van der Waals surface area contributed by atoms with Gasteiger partial charge in [-0.3, -0.25) is 0 Å². The normalized spacial score (nSPS) is 24.6. The van der Waals surface area contributed by atoms with E-state index >= 15 is 0 Å². The second kappa shape index (κ2) is 7.56. The van der Waals surface area contributed by atoms with Gasteiger partial charge < -0.3 is 5.32 Å². The summed E-state index contributed by atoms with van der Waals surface area (Å²) in [6, 6.07) is 5.70. The molecular formula is C17H25BrFN. The first-order valence-corrected chi connectivity index (χ1v) is 8.56. The number of rotatable bonds is 5. The Bertz CT molecular complexity index is 415. The number of hydrogen-bond donors (Lipinski definition) is 1. The molecule has 0 aliphatic heterocycles. The van der Waals surface area contributed by atoms with Crippen LogP contribution < -0.4 is 5.32 Å². The van der Waals surface area contributed by atoms with Crippen molar-refractivity contribution in [3.63, 3.8) is 0 Å². The van der Waals surface area contributed by atoms with E-state index in [1.807, 2.05) is 6.07 Å². The Balaban J connectivity index is 2.07. The van der Waals surface area contributed by atoms with Gasteiger partial charge in [-0.1, -0.05) is 42.6 Å². The lowest BCUT2D eigenvalue weighted by molar-refractivity contribution is 0.222. The molecule has 1 aromatic rings. The summed E-state index contributed by atoms with van der Waals surface area (Å²) in [5.41, 5.74) is 1.08. The number of hydrogen-bond acceptors (Lipinski definition) is 1. The highest BCUT2D eigenvalue weighted by molar-refractivity contribution is 9.10. The highest BCUT2D eigenvalue weighted by atomic mass is 79.9. The lowest BCUT2D eigenvalue weighted by Crippen LogP contribution is -2.40. The predicted molar refractivity (Wildman–Crippen MR) is 86.4 cm³/mol. The standard InChI is InChI=1S/C17H25BrFN/c1-3-20-17(14-6-4-5-12(2)7-14)10-13-8-15(18)11-16(19)9-13/h8-9,11-12,14,17,20H,3-7,10H2,1-2H3. The third-order valence-corrected chi connectivity index (χ3v) is 4.85. The van der Waals surface area contributed by atoms with Crippen LogP contribution >= 0.6 is 15.9 Å². The van der Waals surface area contributed by atoms with E-state index in [0.717, 1.165) is 34.8 Å². The van der Waals surface area contributed by atoms with Gasteiger partial charge in [-0.25, -0.2) is 4.39 Å². The number of halogens is 2. The maximum Gasteiger partial charge on any atom is 0.124 e. The van der Waals surface area contributed by atoms with Crippen LogP contribution in [-0.4, -0.2) is 12.6 Å². The summed E-state index contributed by atoms with van der Waals surface area (Å²) in [5.74, 6) is 1.40. The Morgan fingerprint density at radius 3 is 2.80 bits per heavy atom. The molecule has 0 amide bonds. The second-order valence-corrected chi connectivity index (χ2v) is 7.09. The molecule has 1 N–H and O–H groups in total. The highest BCUT2D eigenvalue weighted by Crippen LogP contribution is 2.32. The number of benzene rings is 1. The van der Waals surface area contributed by atoms with Crippen molar-refractivity contribution < 1.29 is 4.39 Å². The average Bonchev–Trinajstić information content (AvgIpc) is 2.37. The van der Waals surface area contributed by atoms with E-state index in [1.54, 1.807) is 6.07 Å². The molecule has 0 bridgehead atoms. The zero-order valence-corrected chi connectivity index (χ0v) is 14.0. The molecule has 0 spiro atoms. The maximum atomic E-state index is 13.5. The lowest BCUT2D eigenvalue weighted by atomic mass is 9.77. The van der Waals surface area contributed by atoms with Gasteiger partial charge in [0.05, 0.1) is 0 Å². The highest BCUT2D eigenvalue weighted by Gasteiger charge is 2.26. The minimum atomic E-state index is -0.151. The molecule has 1 nitrogen and oxygen atoms in total. The SMILES string of the molecule is CCNC(Cc1cc(F)cc(Br)c1)C1CCCC(C)C1. The fraction of sp³-hybridized carbons (Fsp3) is 0.647. The third-order valence-electron chi connectivity index (χ3n) is 4.39. The molecule has 3 unspecified atom stereocenters. The van der Waals surface area contributed by atoms with E-state index < -0.39 is 0 Å². The summed E-state index contributed by atoms with van der Waals surface area (Å²) in [7, 11) is 0. The van der Waals surface area contributed by atoms with Crippen LogP contribution in [0.25, 0.3) is 0 Å². The van der Waals surface area contributed by atoms with Gasteiger partial charge in [0, 0.05) is 10.5 Å². The van der Waals surface area contributed by atoms with Crippen LogP contribution in [0, 0.1) is 17.7 Å². The molecule has 3 heteroatoms. The first kappa shape index (κ1) is 16.0. The molecule has 0 aromatic heterocycles. The monoisotopic (exact) mass is 341 g/mol. The molecule has 20 heavy (non-hydrogen) atoms. The van der Waals surface area contributed by atoms with Gasteiger partial charge in [0.15, 0.2) is 0 Å². The smallest absolute Gasteiger partial charge is 0.124 e. The molecule has 0 saturated heterocycles. The number of nitrogens with one attached hydrogen (secondary N) is 1. The largest absolute Gasteiger partial charge is 0.314 e. The van der Waals surface area contributed by atoms with E-state index in [1.165, 1.54) is 31.7 Å². The molecule has 1 fully saturated rings. The Labute approximate surface area is 130 Å². The molecule has 3 atom stereocenters. The van der Waals surface area contributed by atoms with Crippen molar-refractivity contribution in [2.24, 2.45) is 11.8 Å². The zero-order chi connectivity index (χ0) is 14.5. The summed E-state index contributed by atoms with van der Waals surface area (Å²) in [6.45, 7) is 5.49. The van der Waals surface area contributed by atoms with Crippen molar-refractivity contribution in [2.75, 3.05) is 6.54 Å². The summed E-state index contributed by atoms with van der Waals surface area (Å²) in [5, 5.41) is 3.62. The molecule has 112 valence electrons. The molecule has 1 aliphatic rings. The van der Waals surface area contributed by atoms with Crippen LogP contribution in [0.4, 0.5) is 4.39 Å². The van der Waals surface area contributed by atoms with Crippen LogP contribution in [-0.2, 0) is 6.42 Å². The molecule has 0 heterocycles. The van der Waals surface area contributed by atoms with Crippen molar-refractivity contribution in [1.82, 2.24) is 5.32 Å². The quantitative estimate of drug-likeness (QED) is 0.800. The van der Waals surface area contributed by atoms with E-state index in [0.29, 0.717) is 6.04 Å². The third kappa shape index (κ3) is 4.56. The van der Waals surface area contributed by atoms with Crippen LogP contribution in [0.15, 0.2) is 22.7 Å². The topological polar surface area (TPSA) is 12.0 Å². The Hall–Kier alpha value is -0.410. The summed E-state index contributed by atoms with van der Waals surface area (Å²) in [4.78, 5) is 0. The second-order valence-electron chi connectivity index (χ2n) is 6.18. The lowest BCUT2D eigenvalue weighted by Gasteiger charge is -2.34. The molecule has 0 radical (unpaired) electrons. The van der Waals surface area contributed by atoms with Gasteiger partial charge in [-0.15, -0.1) is 0 Å². The molecule has 1 saturated carbocycles. The minimum absolute atomic E-state index is 0.151. The first-order valence-electron chi connectivity index (χ1n) is 7.76. The number of likely N-dealkylation sites (N-methyl/N-ethyl adjacent to an activating group) is 1. The van der Waals surface area contributed by atoms with Crippen molar-refractivity contribution in [1.29, 1.82) is 0 Å². The van der Waals surface area contributed by atoms with E-state index in [2.05, 4.69) is 35.1 Å². The predicted octanol–water partition coefficient (Wildman–Crippen LogP) is 4.94. The van der Waals surface area contributed by atoms with E-state index in [4.69, 9.17) is 0 Å². The van der Waals surface area contributed by atoms with Gasteiger partial charge in [-0.05, 0) is 61.4 Å². The molecule has 1 aliphatic carbocycles. The van der Waals surface area contributed by atoms with Crippen LogP contribution in [0.5, 0.6) is 0 Å². The average molecular weight is 342 g/mol. The van der Waals surface area contributed by atoms with Crippen LogP contribution in [0.2, 0.25) is 0 Å². The van der Waals surface area contributed by atoms with Crippen molar-refractivity contribution >= 4 is 15.9 Å². The Morgan fingerprint density at radius 2 is 2.15 bits per heavy atom.